The van der Waals surface area contributed by atoms with Gasteiger partial charge in [0, 0.05) is 18.8 Å². The van der Waals surface area contributed by atoms with Crippen molar-refractivity contribution in [2.45, 2.75) is 33.7 Å². The smallest absolute Gasteiger partial charge is 0.293 e. The molecule has 2 aromatic heterocycles. The van der Waals surface area contributed by atoms with Crippen molar-refractivity contribution < 1.29 is 0 Å². The fourth-order valence-electron chi connectivity index (χ4n) is 1.94. The van der Waals surface area contributed by atoms with E-state index in [4.69, 9.17) is 0 Å². The second-order valence-corrected chi connectivity index (χ2v) is 5.04. The van der Waals surface area contributed by atoms with Gasteiger partial charge in [-0.1, -0.05) is 0 Å². The summed E-state index contributed by atoms with van der Waals surface area (Å²) in [7, 11) is 1.75. The lowest BCUT2D eigenvalue weighted by Gasteiger charge is -2.06. The molecule has 1 N–H and O–H groups in total. The number of aromatic nitrogens is 3. The molecular formula is C13H19N5O. The molecule has 0 aromatic carbocycles. The molecule has 19 heavy (non-hydrogen) atoms. The first-order chi connectivity index (χ1) is 8.91. The van der Waals surface area contributed by atoms with Crippen molar-refractivity contribution in [1.29, 1.82) is 0 Å². The highest BCUT2D eigenvalue weighted by Crippen LogP contribution is 2.18. The Morgan fingerprint density at radius 3 is 2.68 bits per heavy atom. The molecule has 0 bridgehead atoms. The summed E-state index contributed by atoms with van der Waals surface area (Å²) in [5.74, 6) is 0. The van der Waals surface area contributed by atoms with Gasteiger partial charge in [0.25, 0.3) is 0 Å². The number of rotatable bonds is 3. The average molecular weight is 261 g/mol. The van der Waals surface area contributed by atoms with E-state index in [-0.39, 0.29) is 11.7 Å². The van der Waals surface area contributed by atoms with Crippen LogP contribution in [0.2, 0.25) is 0 Å². The maximum Gasteiger partial charge on any atom is 0.330 e. The molecule has 0 fully saturated rings. The Kier molecular flexibility index (Phi) is 3.42. The molecule has 0 aliphatic heterocycles. The Labute approximate surface area is 111 Å². The van der Waals surface area contributed by atoms with Crippen molar-refractivity contribution in [1.82, 2.24) is 14.1 Å². The number of hydrazone groups is 1. The van der Waals surface area contributed by atoms with Gasteiger partial charge in [-0.05, 0) is 33.8 Å². The highest BCUT2D eigenvalue weighted by atomic mass is 16.1. The third-order valence-electron chi connectivity index (χ3n) is 2.85. The number of nitrogens with one attached hydrogen (secondary N) is 1. The molecule has 0 amide bonds. The Balaban J connectivity index is 2.59. The lowest BCUT2D eigenvalue weighted by Crippen LogP contribution is -2.23. The first kappa shape index (κ1) is 13.3. The molecule has 0 unspecified atom stereocenters. The second kappa shape index (κ2) is 4.87. The van der Waals surface area contributed by atoms with Gasteiger partial charge in [0.1, 0.15) is 0 Å². The van der Waals surface area contributed by atoms with Gasteiger partial charge in [0.05, 0.1) is 17.4 Å². The van der Waals surface area contributed by atoms with E-state index in [0.29, 0.717) is 5.65 Å². The van der Waals surface area contributed by atoms with E-state index in [0.717, 1.165) is 16.9 Å². The number of hydrogen-bond donors (Lipinski definition) is 1. The first-order valence-corrected chi connectivity index (χ1v) is 6.25. The minimum Gasteiger partial charge on any atom is -0.293 e. The van der Waals surface area contributed by atoms with Gasteiger partial charge in [-0.2, -0.15) is 5.10 Å². The van der Waals surface area contributed by atoms with E-state index in [2.05, 4.69) is 15.5 Å². The monoisotopic (exact) mass is 261 g/mol. The molecule has 0 saturated heterocycles. The zero-order chi connectivity index (χ0) is 14.2. The molecule has 6 nitrogen and oxygen atoms in total. The number of aryl methyl sites for hydroxylation is 1. The molecule has 0 aliphatic carbocycles. The van der Waals surface area contributed by atoms with Gasteiger partial charge >= 0.3 is 5.69 Å². The van der Waals surface area contributed by atoms with Crippen LogP contribution in [0, 0.1) is 0 Å². The van der Waals surface area contributed by atoms with Gasteiger partial charge in [-0.3, -0.25) is 14.6 Å². The van der Waals surface area contributed by atoms with Gasteiger partial charge in [0.2, 0.25) is 0 Å². The van der Waals surface area contributed by atoms with E-state index in [1.807, 2.05) is 33.8 Å². The number of nitrogens with zero attached hydrogens (tertiary/aromatic N) is 4. The van der Waals surface area contributed by atoms with E-state index >= 15 is 0 Å². The number of anilines is 1. The molecule has 0 saturated carbocycles. The first-order valence-electron chi connectivity index (χ1n) is 6.25. The minimum atomic E-state index is -0.0511. The summed E-state index contributed by atoms with van der Waals surface area (Å²) >= 11 is 0. The SMILES string of the molecule is CC(C)=NNc1cnc2c(c1)n(C)c(=O)n2C(C)C. The molecule has 2 heterocycles. The zero-order valence-electron chi connectivity index (χ0n) is 11.9. The van der Waals surface area contributed by atoms with Crippen LogP contribution < -0.4 is 11.1 Å². The predicted octanol–water partition coefficient (Wildman–Crippen LogP) is 2.12. The second-order valence-electron chi connectivity index (χ2n) is 5.04. The van der Waals surface area contributed by atoms with Crippen molar-refractivity contribution in [2.24, 2.45) is 12.1 Å². The molecule has 6 heteroatoms. The molecule has 102 valence electrons. The summed E-state index contributed by atoms with van der Waals surface area (Å²) in [5, 5.41) is 4.13. The number of hydrogen-bond acceptors (Lipinski definition) is 4. The van der Waals surface area contributed by atoms with Crippen LogP contribution >= 0.6 is 0 Å². The summed E-state index contributed by atoms with van der Waals surface area (Å²) in [6, 6.07) is 1.97. The third kappa shape index (κ3) is 2.38. The van der Waals surface area contributed by atoms with Gasteiger partial charge in [-0.15, -0.1) is 0 Å². The van der Waals surface area contributed by atoms with Crippen molar-refractivity contribution in [2.75, 3.05) is 5.43 Å². The molecule has 0 radical (unpaired) electrons. The van der Waals surface area contributed by atoms with Gasteiger partial charge in [0.15, 0.2) is 5.65 Å². The van der Waals surface area contributed by atoms with E-state index < -0.39 is 0 Å². The predicted molar refractivity (Wildman–Crippen MR) is 77.8 cm³/mol. The van der Waals surface area contributed by atoms with Crippen molar-refractivity contribution >= 4 is 22.6 Å². The maximum absolute atomic E-state index is 12.1. The summed E-state index contributed by atoms with van der Waals surface area (Å²) in [6.07, 6.45) is 1.69. The molecule has 2 rings (SSSR count). The van der Waals surface area contributed by atoms with E-state index in [9.17, 15) is 4.79 Å². The van der Waals surface area contributed by atoms with Crippen LogP contribution in [0.25, 0.3) is 11.2 Å². The fourth-order valence-corrected chi connectivity index (χ4v) is 1.94. The minimum absolute atomic E-state index is 0.0511. The van der Waals surface area contributed by atoms with E-state index in [1.165, 1.54) is 0 Å². The standard InChI is InChI=1S/C13H19N5O/c1-8(2)15-16-10-6-11-12(14-7-10)18(9(3)4)13(19)17(11)5/h6-7,9,16H,1-5H3. The topological polar surface area (TPSA) is 64.2 Å². The largest absolute Gasteiger partial charge is 0.330 e. The Hall–Kier alpha value is -2.11. The van der Waals surface area contributed by atoms with Crippen LogP contribution in [0.15, 0.2) is 22.2 Å². The highest BCUT2D eigenvalue weighted by molar-refractivity contribution is 5.80. The van der Waals surface area contributed by atoms with Crippen LogP contribution in [-0.2, 0) is 7.05 Å². The van der Waals surface area contributed by atoms with Crippen molar-refractivity contribution in [3.63, 3.8) is 0 Å². The summed E-state index contributed by atoms with van der Waals surface area (Å²) in [4.78, 5) is 16.5. The van der Waals surface area contributed by atoms with Gasteiger partial charge < -0.3 is 0 Å². The lowest BCUT2D eigenvalue weighted by molar-refractivity contribution is 0.579. The Bertz CT molecular complexity index is 689. The maximum atomic E-state index is 12.1. The third-order valence-corrected chi connectivity index (χ3v) is 2.85. The van der Waals surface area contributed by atoms with E-state index in [1.54, 1.807) is 22.4 Å². The molecular weight excluding hydrogens is 242 g/mol. The van der Waals surface area contributed by atoms with Crippen LogP contribution in [0.3, 0.4) is 0 Å². The summed E-state index contributed by atoms with van der Waals surface area (Å²) in [5.41, 5.74) is 6.06. The highest BCUT2D eigenvalue weighted by Gasteiger charge is 2.14. The number of imidazole rings is 1. The Morgan fingerprint density at radius 1 is 1.42 bits per heavy atom. The van der Waals surface area contributed by atoms with Crippen LogP contribution in [0.4, 0.5) is 5.69 Å². The molecule has 0 aliphatic rings. The van der Waals surface area contributed by atoms with Crippen LogP contribution in [0.5, 0.6) is 0 Å². The molecule has 0 spiro atoms. The van der Waals surface area contributed by atoms with Gasteiger partial charge in [-0.25, -0.2) is 9.78 Å². The normalized spacial score (nSPS) is 11.1. The fraction of sp³-hybridized carbons (Fsp3) is 0.462. The molecule has 0 atom stereocenters. The van der Waals surface area contributed by atoms with Crippen molar-refractivity contribution in [3.05, 3.63) is 22.7 Å². The quantitative estimate of drug-likeness (QED) is 0.680. The Morgan fingerprint density at radius 2 is 2.11 bits per heavy atom. The zero-order valence-corrected chi connectivity index (χ0v) is 11.9. The number of pyridine rings is 1. The summed E-state index contributed by atoms with van der Waals surface area (Å²) in [6.45, 7) is 7.76. The van der Waals surface area contributed by atoms with Crippen LogP contribution in [-0.4, -0.2) is 19.8 Å². The summed E-state index contributed by atoms with van der Waals surface area (Å²) < 4.78 is 3.30. The van der Waals surface area contributed by atoms with Crippen LogP contribution in [0.1, 0.15) is 33.7 Å². The molecule has 2 aromatic rings. The number of fused-ring (bicyclic) bond motifs is 1. The average Bonchev–Trinajstić information content (AvgIpc) is 2.59. The van der Waals surface area contributed by atoms with Crippen molar-refractivity contribution in [3.8, 4) is 0 Å². The lowest BCUT2D eigenvalue weighted by atomic mass is 10.3.